The number of benzene rings is 3. The number of ether oxygens (including phenoxy) is 1. The lowest BCUT2D eigenvalue weighted by Crippen LogP contribution is -3.09. The minimum Gasteiger partial charge on any atom is -0.497 e. The maximum absolute atomic E-state index is 13.3. The van der Waals surface area contributed by atoms with Crippen LogP contribution in [0.5, 0.6) is 5.75 Å². The highest BCUT2D eigenvalue weighted by Crippen LogP contribution is 2.36. The van der Waals surface area contributed by atoms with E-state index in [1.165, 1.54) is 0 Å². The van der Waals surface area contributed by atoms with Crippen LogP contribution in [0.25, 0.3) is 10.8 Å². The molecule has 2 N–H and O–H groups in total. The van der Waals surface area contributed by atoms with Gasteiger partial charge in [-0.1, -0.05) is 30.3 Å². The first kappa shape index (κ1) is 20.9. The maximum Gasteiger partial charge on any atom is 0.283 e. The molecule has 6 heteroatoms. The molecule has 0 aromatic heterocycles. The zero-order valence-electron chi connectivity index (χ0n) is 18.4. The van der Waals surface area contributed by atoms with Crippen molar-refractivity contribution in [2.24, 2.45) is 0 Å². The molecule has 1 heterocycles. The molecule has 0 saturated heterocycles. The van der Waals surface area contributed by atoms with Gasteiger partial charge in [-0.15, -0.1) is 0 Å². The van der Waals surface area contributed by atoms with Crippen LogP contribution in [-0.2, 0) is 16.1 Å². The van der Waals surface area contributed by atoms with Crippen LogP contribution in [-0.4, -0.2) is 38.1 Å². The Morgan fingerprint density at radius 2 is 1.77 bits per heavy atom. The van der Waals surface area contributed by atoms with E-state index >= 15 is 0 Å². The number of quaternary nitrogens is 1. The number of carbonyl (C=O) groups excluding carboxylic acids is 2. The first-order valence-corrected chi connectivity index (χ1v) is 10.4. The zero-order valence-corrected chi connectivity index (χ0v) is 18.4. The number of likely N-dealkylation sites (N-methyl/N-ethyl adjacent to an activating group) is 1. The van der Waals surface area contributed by atoms with Gasteiger partial charge in [-0.3, -0.25) is 14.5 Å². The summed E-state index contributed by atoms with van der Waals surface area (Å²) < 4.78 is 5.29. The summed E-state index contributed by atoms with van der Waals surface area (Å²) in [6, 6.07) is 19.8. The third kappa shape index (κ3) is 3.99. The van der Waals surface area contributed by atoms with Gasteiger partial charge in [0.25, 0.3) is 5.91 Å². The van der Waals surface area contributed by atoms with Crippen LogP contribution in [0.4, 0.5) is 11.4 Å². The Balaban J connectivity index is 1.52. The fourth-order valence-corrected chi connectivity index (χ4v) is 4.16. The lowest BCUT2D eigenvalue weighted by molar-refractivity contribution is -0.885. The fraction of sp³-hybridized carbons (Fsp3) is 0.280. The largest absolute Gasteiger partial charge is 0.497 e. The number of nitrogens with one attached hydrogen (secondary N) is 2. The summed E-state index contributed by atoms with van der Waals surface area (Å²) in [6.45, 7) is 4.55. The molecule has 3 aromatic rings. The molecule has 1 atom stereocenters. The topological polar surface area (TPSA) is 63.1 Å². The second kappa shape index (κ2) is 8.04. The summed E-state index contributed by atoms with van der Waals surface area (Å²) in [6.07, 6.45) is 0. The molecule has 3 aromatic carbocycles. The van der Waals surface area contributed by atoms with Crippen molar-refractivity contribution in [3.63, 3.8) is 0 Å². The second-order valence-electron chi connectivity index (χ2n) is 8.62. The first-order valence-electron chi connectivity index (χ1n) is 10.4. The smallest absolute Gasteiger partial charge is 0.283 e. The van der Waals surface area contributed by atoms with E-state index in [1.54, 1.807) is 25.9 Å². The molecular formula is C25H28N3O3+. The third-order valence-corrected chi connectivity index (χ3v) is 5.83. The normalized spacial score (nSPS) is 15.9. The number of hydrogen-bond acceptors (Lipinski definition) is 3. The zero-order chi connectivity index (χ0) is 22.2. The Morgan fingerprint density at radius 1 is 1.06 bits per heavy atom. The molecule has 0 spiro atoms. The molecule has 1 unspecified atom stereocenters. The molecule has 0 bridgehead atoms. The molecule has 6 nitrogen and oxygen atoms in total. The quantitative estimate of drug-likeness (QED) is 0.670. The Labute approximate surface area is 182 Å². The van der Waals surface area contributed by atoms with Crippen LogP contribution in [0.15, 0.2) is 60.7 Å². The van der Waals surface area contributed by atoms with Crippen LogP contribution in [0.3, 0.4) is 0 Å². The van der Waals surface area contributed by atoms with Crippen molar-refractivity contribution < 1.29 is 19.2 Å². The van der Waals surface area contributed by atoms with Crippen molar-refractivity contribution in [2.45, 2.75) is 25.9 Å². The van der Waals surface area contributed by atoms with Gasteiger partial charge in [-0.2, -0.15) is 0 Å². The van der Waals surface area contributed by atoms with Crippen molar-refractivity contribution in [3.8, 4) is 5.75 Å². The highest BCUT2D eigenvalue weighted by atomic mass is 16.5. The highest BCUT2D eigenvalue weighted by Gasteiger charge is 2.44. The van der Waals surface area contributed by atoms with Gasteiger partial charge in [0.1, 0.15) is 17.8 Å². The Hall–Kier alpha value is -3.38. The van der Waals surface area contributed by atoms with E-state index in [1.807, 2.05) is 49.5 Å². The van der Waals surface area contributed by atoms with Crippen molar-refractivity contribution in [1.29, 1.82) is 0 Å². The lowest BCUT2D eigenvalue weighted by Gasteiger charge is -2.42. The molecule has 0 aliphatic carbocycles. The predicted octanol–water partition coefficient (Wildman–Crippen LogP) is 2.63. The van der Waals surface area contributed by atoms with Gasteiger partial charge in [0.05, 0.1) is 25.5 Å². The first-order chi connectivity index (χ1) is 14.8. The van der Waals surface area contributed by atoms with E-state index in [0.717, 1.165) is 32.7 Å². The average Bonchev–Trinajstić information content (AvgIpc) is 2.73. The molecule has 0 saturated carbocycles. The van der Waals surface area contributed by atoms with Crippen LogP contribution in [0.1, 0.15) is 19.4 Å². The molecule has 31 heavy (non-hydrogen) atoms. The van der Waals surface area contributed by atoms with E-state index in [9.17, 15) is 9.59 Å². The van der Waals surface area contributed by atoms with Gasteiger partial charge in [0.2, 0.25) is 5.91 Å². The molecule has 0 radical (unpaired) electrons. The molecular weight excluding hydrogens is 390 g/mol. The van der Waals surface area contributed by atoms with Gasteiger partial charge in [0, 0.05) is 5.56 Å². The van der Waals surface area contributed by atoms with E-state index < -0.39 is 5.54 Å². The molecule has 1 aliphatic rings. The van der Waals surface area contributed by atoms with Crippen LogP contribution in [0, 0.1) is 0 Å². The number of fused-ring (bicyclic) bond motifs is 2. The van der Waals surface area contributed by atoms with Crippen molar-refractivity contribution >= 4 is 34.0 Å². The second-order valence-corrected chi connectivity index (χ2v) is 8.62. The minimum absolute atomic E-state index is 0.0738. The summed E-state index contributed by atoms with van der Waals surface area (Å²) in [7, 11) is 3.66. The highest BCUT2D eigenvalue weighted by molar-refractivity contribution is 6.14. The van der Waals surface area contributed by atoms with Crippen LogP contribution >= 0.6 is 0 Å². The van der Waals surface area contributed by atoms with E-state index in [0.29, 0.717) is 12.2 Å². The molecule has 2 amide bonds. The van der Waals surface area contributed by atoms with Gasteiger partial charge in [-0.25, -0.2) is 0 Å². The van der Waals surface area contributed by atoms with E-state index in [4.69, 9.17) is 4.74 Å². The number of anilines is 2. The summed E-state index contributed by atoms with van der Waals surface area (Å²) >= 11 is 0. The maximum atomic E-state index is 13.3. The number of nitrogens with zero attached hydrogens (tertiary/aromatic N) is 1. The summed E-state index contributed by atoms with van der Waals surface area (Å²) in [5.41, 5.74) is 1.61. The lowest BCUT2D eigenvalue weighted by atomic mass is 9.96. The average molecular weight is 419 g/mol. The van der Waals surface area contributed by atoms with E-state index in [-0.39, 0.29) is 18.4 Å². The number of methoxy groups -OCH3 is 1. The van der Waals surface area contributed by atoms with Crippen molar-refractivity contribution in [3.05, 3.63) is 66.2 Å². The molecule has 160 valence electrons. The predicted molar refractivity (Wildman–Crippen MR) is 123 cm³/mol. The Kier molecular flexibility index (Phi) is 5.41. The number of rotatable bonds is 5. The van der Waals surface area contributed by atoms with Crippen molar-refractivity contribution in [2.75, 3.05) is 30.9 Å². The molecule has 0 fully saturated rings. The van der Waals surface area contributed by atoms with Gasteiger partial charge in [0.15, 0.2) is 6.54 Å². The van der Waals surface area contributed by atoms with E-state index in [2.05, 4.69) is 23.5 Å². The van der Waals surface area contributed by atoms with Crippen LogP contribution < -0.4 is 19.9 Å². The monoisotopic (exact) mass is 418 g/mol. The fourth-order valence-electron chi connectivity index (χ4n) is 4.16. The summed E-state index contributed by atoms with van der Waals surface area (Å²) in [5.74, 6) is 0.583. The molecule has 4 rings (SSSR count). The minimum atomic E-state index is -0.951. The van der Waals surface area contributed by atoms with Crippen LogP contribution in [0.2, 0.25) is 0 Å². The summed E-state index contributed by atoms with van der Waals surface area (Å²) in [4.78, 5) is 28.6. The van der Waals surface area contributed by atoms with Crippen molar-refractivity contribution in [1.82, 2.24) is 0 Å². The Bertz CT molecular complexity index is 1160. The Morgan fingerprint density at radius 3 is 2.55 bits per heavy atom. The standard InChI is InChI=1S/C25H27N3O3/c1-25(2)24(30)26-21-7-5-6-8-22(21)28(25)23(29)16-27(3)15-17-9-10-19-14-20(31-4)12-11-18(19)13-17/h5-14H,15-16H2,1-4H3,(H,26,30)/p+1. The molecule has 1 aliphatic heterocycles. The number of hydrogen-bond donors (Lipinski definition) is 2. The number of para-hydroxylation sites is 2. The van der Waals surface area contributed by atoms with Gasteiger partial charge >= 0.3 is 0 Å². The number of carbonyl (C=O) groups is 2. The number of amides is 2. The van der Waals surface area contributed by atoms with Gasteiger partial charge < -0.3 is 15.0 Å². The summed E-state index contributed by atoms with van der Waals surface area (Å²) in [5, 5.41) is 5.16. The van der Waals surface area contributed by atoms with Gasteiger partial charge in [-0.05, 0) is 55.0 Å². The SMILES string of the molecule is COc1ccc2cc(C[NH+](C)CC(=O)N3c4ccccc4NC(=O)C3(C)C)ccc2c1. The third-order valence-electron chi connectivity index (χ3n) is 5.83.